The van der Waals surface area contributed by atoms with E-state index in [1.807, 2.05) is 30.3 Å². The fraction of sp³-hybridized carbons (Fsp3) is 0.533. The molecule has 19 heavy (non-hydrogen) atoms. The molecule has 2 rings (SSSR count). The second kappa shape index (κ2) is 7.79. The van der Waals surface area contributed by atoms with E-state index >= 15 is 0 Å². The Morgan fingerprint density at radius 1 is 1.37 bits per heavy atom. The predicted octanol–water partition coefficient (Wildman–Crippen LogP) is 2.14. The Kier molecular flexibility index (Phi) is 5.69. The maximum absolute atomic E-state index is 11.6. The molecule has 1 aromatic rings. The summed E-state index contributed by atoms with van der Waals surface area (Å²) >= 11 is 0. The highest BCUT2D eigenvalue weighted by Crippen LogP contribution is 2.11. The molecule has 1 heterocycles. The fourth-order valence-corrected chi connectivity index (χ4v) is 2.06. The summed E-state index contributed by atoms with van der Waals surface area (Å²) in [6.07, 6.45) is 3.60. The van der Waals surface area contributed by atoms with Crippen LogP contribution in [0.5, 0.6) is 5.75 Å². The van der Waals surface area contributed by atoms with E-state index in [1.165, 1.54) is 0 Å². The number of carbonyl (C=O) groups is 1. The second-order valence-corrected chi connectivity index (χ2v) is 4.70. The molecule has 0 aromatic heterocycles. The van der Waals surface area contributed by atoms with Gasteiger partial charge in [0.25, 0.3) is 0 Å². The Bertz CT molecular complexity index is 374. The number of para-hydroxylation sites is 1. The van der Waals surface area contributed by atoms with Gasteiger partial charge in [-0.15, -0.1) is 0 Å². The Hall–Kier alpha value is -1.55. The molecule has 4 nitrogen and oxygen atoms in total. The molecule has 1 aliphatic rings. The van der Waals surface area contributed by atoms with Crippen LogP contribution in [0.3, 0.4) is 0 Å². The Labute approximate surface area is 114 Å². The van der Waals surface area contributed by atoms with Gasteiger partial charge >= 0.3 is 0 Å². The summed E-state index contributed by atoms with van der Waals surface area (Å²) in [5.74, 6) is 0.925. The Morgan fingerprint density at radius 2 is 2.21 bits per heavy atom. The molecule has 0 aliphatic carbocycles. The highest BCUT2D eigenvalue weighted by Gasteiger charge is 2.15. The molecule has 1 fully saturated rings. The van der Waals surface area contributed by atoms with Gasteiger partial charge in [-0.2, -0.15) is 0 Å². The molecule has 104 valence electrons. The third kappa shape index (κ3) is 5.30. The van der Waals surface area contributed by atoms with Gasteiger partial charge in [0, 0.05) is 19.6 Å². The van der Waals surface area contributed by atoms with Crippen molar-refractivity contribution in [2.75, 3.05) is 19.8 Å². The van der Waals surface area contributed by atoms with Gasteiger partial charge in [0.1, 0.15) is 5.75 Å². The van der Waals surface area contributed by atoms with Crippen LogP contribution in [-0.2, 0) is 9.53 Å². The van der Waals surface area contributed by atoms with Crippen molar-refractivity contribution in [3.05, 3.63) is 30.3 Å². The van der Waals surface area contributed by atoms with Crippen molar-refractivity contribution in [2.24, 2.45) is 0 Å². The zero-order valence-corrected chi connectivity index (χ0v) is 11.1. The number of rotatable bonds is 7. The summed E-state index contributed by atoms with van der Waals surface area (Å²) in [4.78, 5) is 11.6. The topological polar surface area (TPSA) is 47.6 Å². The maximum atomic E-state index is 11.6. The minimum Gasteiger partial charge on any atom is -0.494 e. The highest BCUT2D eigenvalue weighted by atomic mass is 16.5. The van der Waals surface area contributed by atoms with Crippen LogP contribution >= 0.6 is 0 Å². The molecule has 4 heteroatoms. The molecule has 1 aromatic carbocycles. The summed E-state index contributed by atoms with van der Waals surface area (Å²) in [7, 11) is 0. The Balaban J connectivity index is 1.51. The number of benzene rings is 1. The smallest absolute Gasteiger partial charge is 0.220 e. The predicted molar refractivity (Wildman–Crippen MR) is 73.2 cm³/mol. The number of carbonyl (C=O) groups excluding carboxylic acids is 1. The SMILES string of the molecule is O=C(CCCOc1ccccc1)NC[C@@H]1CCCO1. The van der Waals surface area contributed by atoms with Gasteiger partial charge in [0.15, 0.2) is 0 Å². The first-order valence-corrected chi connectivity index (χ1v) is 6.91. The normalized spacial score (nSPS) is 18.2. The molecule has 0 spiro atoms. The van der Waals surface area contributed by atoms with Crippen LogP contribution < -0.4 is 10.1 Å². The largest absolute Gasteiger partial charge is 0.494 e. The molecule has 1 amide bonds. The van der Waals surface area contributed by atoms with Crippen LogP contribution in [0.1, 0.15) is 25.7 Å². The number of ether oxygens (including phenoxy) is 2. The van der Waals surface area contributed by atoms with Gasteiger partial charge < -0.3 is 14.8 Å². The summed E-state index contributed by atoms with van der Waals surface area (Å²) in [5, 5.41) is 2.90. The van der Waals surface area contributed by atoms with Gasteiger partial charge in [-0.3, -0.25) is 4.79 Å². The second-order valence-electron chi connectivity index (χ2n) is 4.70. The zero-order chi connectivity index (χ0) is 13.3. The summed E-state index contributed by atoms with van der Waals surface area (Å²) in [6, 6.07) is 9.65. The quantitative estimate of drug-likeness (QED) is 0.767. The van der Waals surface area contributed by atoms with Crippen LogP contribution in [0.15, 0.2) is 30.3 Å². The van der Waals surface area contributed by atoms with Gasteiger partial charge in [0.2, 0.25) is 5.91 Å². The van der Waals surface area contributed by atoms with Crippen molar-refractivity contribution in [3.63, 3.8) is 0 Å². The highest BCUT2D eigenvalue weighted by molar-refractivity contribution is 5.75. The van der Waals surface area contributed by atoms with Crippen molar-refractivity contribution in [1.29, 1.82) is 0 Å². The minimum absolute atomic E-state index is 0.0761. The van der Waals surface area contributed by atoms with E-state index in [-0.39, 0.29) is 12.0 Å². The molecule has 0 bridgehead atoms. The van der Waals surface area contributed by atoms with Gasteiger partial charge in [-0.05, 0) is 31.4 Å². The molecular weight excluding hydrogens is 242 g/mol. The van der Waals surface area contributed by atoms with Crippen molar-refractivity contribution in [1.82, 2.24) is 5.32 Å². The lowest BCUT2D eigenvalue weighted by Gasteiger charge is -2.10. The first-order chi connectivity index (χ1) is 9.34. The van der Waals surface area contributed by atoms with E-state index < -0.39 is 0 Å². The van der Waals surface area contributed by atoms with Crippen molar-refractivity contribution in [3.8, 4) is 5.75 Å². The maximum Gasteiger partial charge on any atom is 0.220 e. The molecule has 1 N–H and O–H groups in total. The minimum atomic E-state index is 0.0761. The van der Waals surface area contributed by atoms with E-state index in [1.54, 1.807) is 0 Å². The van der Waals surface area contributed by atoms with Crippen LogP contribution in [0, 0.1) is 0 Å². The molecular formula is C15H21NO3. The standard InChI is InChI=1S/C15H21NO3/c17-15(16-12-14-8-4-10-19-14)9-5-11-18-13-6-2-1-3-7-13/h1-3,6-7,14H,4-5,8-12H2,(H,16,17)/t14-/m0/s1. The average molecular weight is 263 g/mol. The average Bonchev–Trinajstić information content (AvgIpc) is 2.96. The third-order valence-corrected chi connectivity index (χ3v) is 3.11. The first-order valence-electron chi connectivity index (χ1n) is 6.91. The number of amides is 1. The monoisotopic (exact) mass is 263 g/mol. The number of hydrogen-bond acceptors (Lipinski definition) is 3. The molecule has 1 aliphatic heterocycles. The lowest BCUT2D eigenvalue weighted by molar-refractivity contribution is -0.121. The van der Waals surface area contributed by atoms with Crippen LogP contribution in [0.2, 0.25) is 0 Å². The third-order valence-electron chi connectivity index (χ3n) is 3.11. The summed E-state index contributed by atoms with van der Waals surface area (Å²) in [6.45, 7) is 2.03. The lowest BCUT2D eigenvalue weighted by Crippen LogP contribution is -2.31. The van der Waals surface area contributed by atoms with E-state index in [0.29, 0.717) is 19.6 Å². The van der Waals surface area contributed by atoms with Crippen LogP contribution in [-0.4, -0.2) is 31.8 Å². The fourth-order valence-electron chi connectivity index (χ4n) is 2.06. The van der Waals surface area contributed by atoms with Crippen molar-refractivity contribution < 1.29 is 14.3 Å². The van der Waals surface area contributed by atoms with Crippen molar-refractivity contribution >= 4 is 5.91 Å². The van der Waals surface area contributed by atoms with Crippen LogP contribution in [0.25, 0.3) is 0 Å². The molecule has 0 radical (unpaired) electrons. The summed E-state index contributed by atoms with van der Waals surface area (Å²) < 4.78 is 11.0. The van der Waals surface area contributed by atoms with E-state index in [2.05, 4.69) is 5.32 Å². The number of nitrogens with one attached hydrogen (secondary N) is 1. The van der Waals surface area contributed by atoms with Gasteiger partial charge in [-0.25, -0.2) is 0 Å². The van der Waals surface area contributed by atoms with Gasteiger partial charge in [0.05, 0.1) is 12.7 Å². The Morgan fingerprint density at radius 3 is 2.95 bits per heavy atom. The first kappa shape index (κ1) is 13.9. The number of hydrogen-bond donors (Lipinski definition) is 1. The molecule has 0 saturated carbocycles. The summed E-state index contributed by atoms with van der Waals surface area (Å²) in [5.41, 5.74) is 0. The molecule has 1 saturated heterocycles. The molecule has 0 unspecified atom stereocenters. The van der Waals surface area contributed by atoms with E-state index in [0.717, 1.165) is 31.6 Å². The molecule has 1 atom stereocenters. The van der Waals surface area contributed by atoms with Crippen LogP contribution in [0.4, 0.5) is 0 Å². The van der Waals surface area contributed by atoms with Gasteiger partial charge in [-0.1, -0.05) is 18.2 Å². The van der Waals surface area contributed by atoms with Crippen molar-refractivity contribution in [2.45, 2.75) is 31.8 Å². The zero-order valence-electron chi connectivity index (χ0n) is 11.1. The lowest BCUT2D eigenvalue weighted by atomic mass is 10.2. The van der Waals surface area contributed by atoms with E-state index in [4.69, 9.17) is 9.47 Å². The van der Waals surface area contributed by atoms with E-state index in [9.17, 15) is 4.79 Å².